The molecule has 2 atom stereocenters. The smallest absolute Gasteiger partial charge is 0.258 e. The van der Waals surface area contributed by atoms with E-state index in [0.29, 0.717) is 0 Å². The third-order valence-corrected chi connectivity index (χ3v) is 9.24. The molecule has 0 bridgehead atoms. The van der Waals surface area contributed by atoms with Gasteiger partial charge in [-0.2, -0.15) is 13.7 Å². The molecule has 0 fully saturated rings. The molecule has 0 amide bonds. The van der Waals surface area contributed by atoms with E-state index in [2.05, 4.69) is 122 Å². The summed E-state index contributed by atoms with van der Waals surface area (Å²) in [5.74, 6) is -0.0936. The standard InChI is InChI=1S/C17H30N2.C16H27N3.4CH4/c1-5-9-16-11-13-18-12-8-10-15(6-2)14-17(18,4)19(16)7-3;1-6-14-10-12-17-13-11-15(7-2)19(9-4)16(17,5)18(14)8-3;;;;/h10,12H,5-9,11,13-14H2,1-4H3;10-13H,6-9H2,1-5H3;4*1H4/q2*+2;;;;. The zero-order valence-corrected chi connectivity index (χ0v) is 26.2. The first-order chi connectivity index (χ1) is 18.3. The molecule has 2 unspecified atom stereocenters. The van der Waals surface area contributed by atoms with E-state index < -0.39 is 0 Å². The Morgan fingerprint density at radius 3 is 2.05 bits per heavy atom. The molecule has 4 aliphatic rings. The number of fused-ring (bicyclic) bond motifs is 2. The van der Waals surface area contributed by atoms with Crippen molar-refractivity contribution in [1.82, 2.24) is 4.90 Å². The minimum absolute atomic E-state index is 0. The maximum atomic E-state index is 2.69. The highest BCUT2D eigenvalue weighted by atomic mass is 15.5. The summed E-state index contributed by atoms with van der Waals surface area (Å²) in [6.07, 6.45) is 23.2. The molecule has 5 heteroatoms. The van der Waals surface area contributed by atoms with Crippen molar-refractivity contribution in [2.24, 2.45) is 0 Å². The predicted octanol–water partition coefficient (Wildman–Crippen LogP) is 8.92. The van der Waals surface area contributed by atoms with Crippen LogP contribution in [0, 0.1) is 0 Å². The number of rotatable bonds is 8. The molecule has 242 valence electrons. The zero-order valence-electron chi connectivity index (χ0n) is 26.2. The number of hydrogen-bond donors (Lipinski definition) is 0. The maximum absolute atomic E-state index is 2.69. The summed E-state index contributed by atoms with van der Waals surface area (Å²) in [4.78, 5) is 2.52. The lowest BCUT2D eigenvalue weighted by molar-refractivity contribution is -0.830. The van der Waals surface area contributed by atoms with Gasteiger partial charge in [0.2, 0.25) is 0 Å². The first kappa shape index (κ1) is 41.8. The van der Waals surface area contributed by atoms with Gasteiger partial charge in [0.1, 0.15) is 19.3 Å². The molecule has 0 saturated carbocycles. The van der Waals surface area contributed by atoms with Gasteiger partial charge in [0.25, 0.3) is 0 Å². The highest BCUT2D eigenvalue weighted by Gasteiger charge is 2.56. The highest BCUT2D eigenvalue weighted by molar-refractivity contribution is 5.90. The van der Waals surface area contributed by atoms with Crippen LogP contribution >= 0.6 is 0 Å². The second-order valence-electron chi connectivity index (χ2n) is 11.2. The van der Waals surface area contributed by atoms with Crippen LogP contribution in [0.2, 0.25) is 0 Å². The molecular weight excluding hydrogens is 514 g/mol. The molecule has 0 aromatic heterocycles. The van der Waals surface area contributed by atoms with E-state index in [1.54, 1.807) is 11.3 Å². The van der Waals surface area contributed by atoms with Crippen molar-refractivity contribution in [2.75, 3.05) is 26.2 Å². The van der Waals surface area contributed by atoms with Crippen LogP contribution in [0.25, 0.3) is 0 Å². The summed E-state index contributed by atoms with van der Waals surface area (Å²) < 4.78 is 10.1. The quantitative estimate of drug-likeness (QED) is 0.204. The van der Waals surface area contributed by atoms with Crippen LogP contribution in [-0.2, 0) is 0 Å². The molecule has 4 rings (SSSR count). The van der Waals surface area contributed by atoms with Crippen LogP contribution in [0.3, 0.4) is 0 Å². The van der Waals surface area contributed by atoms with E-state index in [0.717, 1.165) is 38.9 Å². The van der Waals surface area contributed by atoms with Crippen LogP contribution < -0.4 is 0 Å². The summed E-state index contributed by atoms with van der Waals surface area (Å²) in [6, 6.07) is 0. The Hall–Kier alpha value is -2.30. The summed E-state index contributed by atoms with van der Waals surface area (Å²) in [5, 5.41) is 0. The second kappa shape index (κ2) is 18.4. The number of nitrogens with zero attached hydrogens (tertiary/aromatic N) is 5. The summed E-state index contributed by atoms with van der Waals surface area (Å²) in [6.45, 7) is 25.0. The molecule has 0 spiro atoms. The lowest BCUT2D eigenvalue weighted by Gasteiger charge is -2.38. The summed E-state index contributed by atoms with van der Waals surface area (Å²) in [7, 11) is 0. The molecular formula is C37H73N5+4. The Morgan fingerprint density at radius 1 is 0.857 bits per heavy atom. The Balaban J connectivity index is 0. The predicted molar refractivity (Wildman–Crippen MR) is 190 cm³/mol. The normalized spacial score (nSPS) is 24.4. The fraction of sp³-hybridized carbons (Fsp3) is 0.730. The van der Waals surface area contributed by atoms with Crippen LogP contribution in [0.4, 0.5) is 0 Å². The van der Waals surface area contributed by atoms with E-state index in [-0.39, 0.29) is 41.2 Å². The van der Waals surface area contributed by atoms with Crippen molar-refractivity contribution in [1.29, 1.82) is 0 Å². The average molecular weight is 588 g/mol. The van der Waals surface area contributed by atoms with Gasteiger partial charge in [-0.1, -0.05) is 69.1 Å². The van der Waals surface area contributed by atoms with Crippen molar-refractivity contribution < 1.29 is 18.3 Å². The SMILES string of the molecule is C.C.C.C.CCC1=CC=[N+]2C=CC(CC)=[N+](CC)C2(C)N1CC.CCCC1=[N+](CC)C2(C)CC(CC)=CCC=[N+]2CC1. The van der Waals surface area contributed by atoms with Crippen LogP contribution in [0.15, 0.2) is 35.7 Å². The fourth-order valence-corrected chi connectivity index (χ4v) is 7.27. The molecule has 42 heavy (non-hydrogen) atoms. The molecule has 0 aromatic carbocycles. The molecule has 0 saturated heterocycles. The zero-order chi connectivity index (χ0) is 27.9. The van der Waals surface area contributed by atoms with Crippen molar-refractivity contribution in [3.63, 3.8) is 0 Å². The molecule has 5 nitrogen and oxygen atoms in total. The Morgan fingerprint density at radius 2 is 1.52 bits per heavy atom. The third-order valence-electron chi connectivity index (χ3n) is 9.24. The Kier molecular flexibility index (Phi) is 18.3. The van der Waals surface area contributed by atoms with Gasteiger partial charge >= 0.3 is 11.4 Å². The van der Waals surface area contributed by atoms with Gasteiger partial charge in [-0.25, -0.2) is 0 Å². The minimum Gasteiger partial charge on any atom is -0.258 e. The van der Waals surface area contributed by atoms with E-state index >= 15 is 0 Å². The van der Waals surface area contributed by atoms with Gasteiger partial charge in [0.05, 0.1) is 32.8 Å². The molecule has 4 heterocycles. The van der Waals surface area contributed by atoms with Gasteiger partial charge in [0, 0.05) is 37.6 Å². The molecule has 4 aliphatic heterocycles. The molecule has 0 aromatic rings. The first-order valence-electron chi connectivity index (χ1n) is 15.6. The van der Waals surface area contributed by atoms with Gasteiger partial charge in [-0.15, -0.1) is 4.58 Å². The maximum Gasteiger partial charge on any atom is 0.440 e. The molecule has 0 N–H and O–H groups in total. The fourth-order valence-electron chi connectivity index (χ4n) is 7.27. The average Bonchev–Trinajstić information content (AvgIpc) is 3.09. The van der Waals surface area contributed by atoms with Crippen molar-refractivity contribution in [3.8, 4) is 0 Å². The topological polar surface area (TPSA) is 15.3 Å². The number of hydrogen-bond acceptors (Lipinski definition) is 1. The van der Waals surface area contributed by atoms with Crippen molar-refractivity contribution in [2.45, 2.75) is 155 Å². The van der Waals surface area contributed by atoms with Crippen molar-refractivity contribution >= 4 is 23.9 Å². The second-order valence-corrected chi connectivity index (χ2v) is 11.2. The summed E-state index contributed by atoms with van der Waals surface area (Å²) in [5.41, 5.74) is 6.32. The number of allylic oxidation sites excluding steroid dienone is 4. The largest absolute Gasteiger partial charge is 0.440 e. The van der Waals surface area contributed by atoms with Crippen LogP contribution in [-0.4, -0.2) is 84.7 Å². The van der Waals surface area contributed by atoms with Crippen molar-refractivity contribution in [3.05, 3.63) is 35.7 Å². The lowest BCUT2D eigenvalue weighted by Crippen LogP contribution is -2.64. The van der Waals surface area contributed by atoms with E-state index in [9.17, 15) is 0 Å². The first-order valence-corrected chi connectivity index (χ1v) is 15.6. The van der Waals surface area contributed by atoms with Crippen LogP contribution in [0.5, 0.6) is 0 Å². The van der Waals surface area contributed by atoms with E-state index in [1.165, 1.54) is 50.1 Å². The lowest BCUT2D eigenvalue weighted by atomic mass is 9.94. The monoisotopic (exact) mass is 588 g/mol. The van der Waals surface area contributed by atoms with Gasteiger partial charge in [0.15, 0.2) is 30.4 Å². The van der Waals surface area contributed by atoms with Gasteiger partial charge < -0.3 is 0 Å². The van der Waals surface area contributed by atoms with E-state index in [1.807, 2.05) is 0 Å². The van der Waals surface area contributed by atoms with Gasteiger partial charge in [-0.05, 0) is 40.0 Å². The van der Waals surface area contributed by atoms with Crippen LogP contribution in [0.1, 0.15) is 143 Å². The summed E-state index contributed by atoms with van der Waals surface area (Å²) >= 11 is 0. The Bertz CT molecular complexity index is 1080. The van der Waals surface area contributed by atoms with Gasteiger partial charge in [-0.3, -0.25) is 4.90 Å². The highest BCUT2D eigenvalue weighted by Crippen LogP contribution is 2.31. The molecule has 0 radical (unpaired) electrons. The minimum atomic E-state index is -0.0936. The van der Waals surface area contributed by atoms with E-state index in [4.69, 9.17) is 0 Å². The Labute approximate surface area is 263 Å². The molecule has 0 aliphatic carbocycles. The third kappa shape index (κ3) is 7.80.